The summed E-state index contributed by atoms with van der Waals surface area (Å²) in [5, 5.41) is 3.07. The molecule has 3 unspecified atom stereocenters. The minimum Gasteiger partial charge on any atom is -0.366 e. The SMILES string of the molecule is C#CC(=O)C1CC2CSC(NC(=O)c3ccccc3)=NC2(c2ccc(F)cc2F)CO1. The maximum absolute atomic E-state index is 14.8. The van der Waals surface area contributed by atoms with Crippen molar-refractivity contribution in [3.63, 3.8) is 0 Å². The average Bonchev–Trinajstić information content (AvgIpc) is 2.78. The van der Waals surface area contributed by atoms with Crippen LogP contribution in [-0.4, -0.2) is 35.3 Å². The molecule has 0 bridgehead atoms. The third-order valence-corrected chi connectivity index (χ3v) is 6.53. The third kappa shape index (κ3) is 4.11. The van der Waals surface area contributed by atoms with Crippen molar-refractivity contribution in [2.75, 3.05) is 12.4 Å². The van der Waals surface area contributed by atoms with Crippen molar-refractivity contribution < 1.29 is 23.1 Å². The number of nitrogens with zero attached hydrogens (tertiary/aromatic N) is 1. The lowest BCUT2D eigenvalue weighted by Crippen LogP contribution is -2.52. The number of ether oxygens (including phenoxy) is 1. The number of amidine groups is 1. The van der Waals surface area contributed by atoms with E-state index in [1.807, 2.05) is 0 Å². The number of amides is 1. The van der Waals surface area contributed by atoms with Gasteiger partial charge in [-0.15, -0.1) is 6.42 Å². The molecule has 2 aliphatic rings. The van der Waals surface area contributed by atoms with Gasteiger partial charge in [-0.3, -0.25) is 9.59 Å². The van der Waals surface area contributed by atoms with Gasteiger partial charge in [0.15, 0.2) is 5.17 Å². The highest BCUT2D eigenvalue weighted by Crippen LogP contribution is 2.47. The lowest BCUT2D eigenvalue weighted by molar-refractivity contribution is -0.133. The summed E-state index contributed by atoms with van der Waals surface area (Å²) in [6, 6.07) is 11.9. The lowest BCUT2D eigenvalue weighted by Gasteiger charge is -2.46. The van der Waals surface area contributed by atoms with Crippen molar-refractivity contribution >= 4 is 28.6 Å². The van der Waals surface area contributed by atoms with Gasteiger partial charge in [0.2, 0.25) is 5.78 Å². The zero-order chi connectivity index (χ0) is 22.0. The Morgan fingerprint density at radius 3 is 2.71 bits per heavy atom. The van der Waals surface area contributed by atoms with E-state index >= 15 is 0 Å². The fourth-order valence-corrected chi connectivity index (χ4v) is 5.05. The van der Waals surface area contributed by atoms with Crippen LogP contribution in [0.1, 0.15) is 22.3 Å². The van der Waals surface area contributed by atoms with Crippen LogP contribution in [-0.2, 0) is 15.1 Å². The van der Waals surface area contributed by atoms with Gasteiger partial charge in [-0.2, -0.15) is 0 Å². The number of Topliss-reactive ketones (excluding diaryl/α,β-unsaturated/α-hetero) is 1. The molecule has 2 heterocycles. The molecule has 1 saturated heterocycles. The number of terminal acetylenes is 1. The van der Waals surface area contributed by atoms with Crippen molar-refractivity contribution in [3.05, 3.63) is 71.3 Å². The van der Waals surface area contributed by atoms with Gasteiger partial charge in [0.05, 0.1) is 6.61 Å². The Bertz CT molecular complexity index is 1100. The van der Waals surface area contributed by atoms with Crippen LogP contribution in [0.25, 0.3) is 0 Å². The van der Waals surface area contributed by atoms with E-state index in [1.165, 1.54) is 17.8 Å². The number of carbonyl (C=O) groups is 2. The van der Waals surface area contributed by atoms with Gasteiger partial charge >= 0.3 is 0 Å². The summed E-state index contributed by atoms with van der Waals surface area (Å²) in [6.45, 7) is -0.121. The van der Waals surface area contributed by atoms with E-state index in [9.17, 15) is 18.4 Å². The number of nitrogens with one attached hydrogen (secondary N) is 1. The molecular formula is C23H18F2N2O3S. The van der Waals surface area contributed by atoms with Crippen molar-refractivity contribution in [3.8, 4) is 12.3 Å². The Morgan fingerprint density at radius 2 is 2.00 bits per heavy atom. The first-order chi connectivity index (χ1) is 14.9. The normalized spacial score (nSPS) is 25.0. The highest BCUT2D eigenvalue weighted by Gasteiger charge is 2.50. The summed E-state index contributed by atoms with van der Waals surface area (Å²) in [4.78, 5) is 29.2. The third-order valence-electron chi connectivity index (χ3n) is 5.49. The van der Waals surface area contributed by atoms with Crippen LogP contribution in [0, 0.1) is 29.9 Å². The van der Waals surface area contributed by atoms with Crippen LogP contribution in [0.2, 0.25) is 0 Å². The van der Waals surface area contributed by atoms with E-state index in [1.54, 1.807) is 30.3 Å². The molecule has 0 aliphatic carbocycles. The summed E-state index contributed by atoms with van der Waals surface area (Å²) >= 11 is 1.30. The summed E-state index contributed by atoms with van der Waals surface area (Å²) in [5.41, 5.74) is -0.611. The Morgan fingerprint density at radius 1 is 1.23 bits per heavy atom. The number of rotatable bonds is 3. The number of fused-ring (bicyclic) bond motifs is 1. The molecule has 0 aromatic heterocycles. The second kappa shape index (κ2) is 8.61. The molecule has 1 N–H and O–H groups in total. The summed E-state index contributed by atoms with van der Waals surface area (Å²) in [6.07, 6.45) is 4.67. The molecule has 0 radical (unpaired) electrons. The second-order valence-corrected chi connectivity index (χ2v) is 8.35. The molecule has 31 heavy (non-hydrogen) atoms. The Balaban J connectivity index is 1.71. The zero-order valence-corrected chi connectivity index (χ0v) is 17.1. The van der Waals surface area contributed by atoms with Gasteiger partial charge in [0.1, 0.15) is 23.3 Å². The monoisotopic (exact) mass is 440 g/mol. The summed E-state index contributed by atoms with van der Waals surface area (Å²) < 4.78 is 34.1. The quantitative estimate of drug-likeness (QED) is 0.588. The van der Waals surface area contributed by atoms with Gasteiger partial charge in [-0.05, 0) is 30.5 Å². The van der Waals surface area contributed by atoms with E-state index in [0.29, 0.717) is 16.5 Å². The predicted octanol–water partition coefficient (Wildman–Crippen LogP) is 3.30. The van der Waals surface area contributed by atoms with Crippen molar-refractivity contribution in [2.24, 2.45) is 10.9 Å². The van der Waals surface area contributed by atoms with Crippen molar-refractivity contribution in [2.45, 2.75) is 18.1 Å². The van der Waals surface area contributed by atoms with E-state index in [2.05, 4.69) is 16.2 Å². The van der Waals surface area contributed by atoms with E-state index in [0.717, 1.165) is 12.1 Å². The van der Waals surface area contributed by atoms with Crippen molar-refractivity contribution in [1.82, 2.24) is 5.32 Å². The van der Waals surface area contributed by atoms with Gasteiger partial charge in [0.25, 0.3) is 5.91 Å². The van der Waals surface area contributed by atoms with Gasteiger partial charge < -0.3 is 10.1 Å². The molecule has 1 amide bonds. The summed E-state index contributed by atoms with van der Waals surface area (Å²) in [7, 11) is 0. The first kappa shape index (κ1) is 21.2. The topological polar surface area (TPSA) is 67.8 Å². The predicted molar refractivity (Wildman–Crippen MR) is 114 cm³/mol. The van der Waals surface area contributed by atoms with Gasteiger partial charge in [0, 0.05) is 28.9 Å². The molecule has 4 rings (SSSR count). The van der Waals surface area contributed by atoms with Crippen LogP contribution in [0.4, 0.5) is 8.78 Å². The molecular weight excluding hydrogens is 422 g/mol. The highest BCUT2D eigenvalue weighted by molar-refractivity contribution is 8.13. The minimum atomic E-state index is -1.21. The molecule has 2 aliphatic heterocycles. The minimum absolute atomic E-state index is 0.121. The fourth-order valence-electron chi connectivity index (χ4n) is 3.89. The second-order valence-electron chi connectivity index (χ2n) is 7.34. The molecule has 0 saturated carbocycles. The van der Waals surface area contributed by atoms with E-state index in [-0.39, 0.29) is 30.4 Å². The van der Waals surface area contributed by atoms with Gasteiger partial charge in [-0.1, -0.05) is 36.0 Å². The Kier molecular flexibility index (Phi) is 5.90. The number of ketones is 1. The van der Waals surface area contributed by atoms with Crippen molar-refractivity contribution in [1.29, 1.82) is 0 Å². The van der Waals surface area contributed by atoms with E-state index in [4.69, 9.17) is 11.2 Å². The average molecular weight is 440 g/mol. The van der Waals surface area contributed by atoms with Crippen LogP contribution in [0.3, 0.4) is 0 Å². The van der Waals surface area contributed by atoms with Crippen LogP contribution < -0.4 is 5.32 Å². The van der Waals surface area contributed by atoms with Crippen LogP contribution >= 0.6 is 11.8 Å². The maximum atomic E-state index is 14.8. The molecule has 158 valence electrons. The first-order valence-electron chi connectivity index (χ1n) is 9.59. The van der Waals surface area contributed by atoms with Crippen LogP contribution in [0.5, 0.6) is 0 Å². The fraction of sp³-hybridized carbons (Fsp3) is 0.261. The molecule has 2 aromatic rings. The smallest absolute Gasteiger partial charge is 0.257 e. The molecule has 1 fully saturated rings. The molecule has 2 aromatic carbocycles. The molecule has 5 nitrogen and oxygen atoms in total. The molecule has 0 spiro atoms. The largest absolute Gasteiger partial charge is 0.366 e. The summed E-state index contributed by atoms with van der Waals surface area (Å²) in [5.74, 6) is -0.0914. The first-order valence-corrected chi connectivity index (χ1v) is 10.6. The number of hydrogen-bond donors (Lipinski definition) is 1. The number of thioether (sulfide) groups is 1. The Hall–Kier alpha value is -3.02. The molecule has 8 heteroatoms. The lowest BCUT2D eigenvalue weighted by atomic mass is 9.74. The molecule has 3 atom stereocenters. The van der Waals surface area contributed by atoms with Gasteiger partial charge in [-0.25, -0.2) is 13.8 Å². The van der Waals surface area contributed by atoms with E-state index < -0.39 is 29.1 Å². The van der Waals surface area contributed by atoms with Crippen LogP contribution in [0.15, 0.2) is 53.5 Å². The number of aliphatic imine (C=N–C) groups is 1. The number of carbonyl (C=O) groups excluding carboxylic acids is 2. The number of benzene rings is 2. The number of hydrogen-bond acceptors (Lipinski definition) is 5. The standard InChI is InChI=1S/C23H18F2N2O3S/c1-2-19(28)20-10-15-12-31-22(26-21(29)14-6-4-3-5-7-14)27-23(15,13-30-20)17-9-8-16(24)11-18(17)25/h1,3-9,11,15,20H,10,12-13H2,(H,26,27,29). The Labute approximate surface area is 182 Å². The maximum Gasteiger partial charge on any atom is 0.257 e. The number of halogens is 2. The highest BCUT2D eigenvalue weighted by atomic mass is 32.2. The zero-order valence-electron chi connectivity index (χ0n) is 16.3.